The van der Waals surface area contributed by atoms with Crippen LogP contribution in [0.1, 0.15) is 29.5 Å². The minimum Gasteiger partial charge on any atom is -0.312 e. The Hall–Kier alpha value is -2.44. The van der Waals surface area contributed by atoms with Crippen LogP contribution in [-0.4, -0.2) is 34.1 Å². The van der Waals surface area contributed by atoms with Gasteiger partial charge in [0.15, 0.2) is 0 Å². The molecule has 2 amide bonds. The summed E-state index contributed by atoms with van der Waals surface area (Å²) >= 11 is 6.71. The Morgan fingerprint density at radius 1 is 1.17 bits per heavy atom. The molecule has 0 aliphatic carbocycles. The molecule has 0 bridgehead atoms. The van der Waals surface area contributed by atoms with Gasteiger partial charge in [0.25, 0.3) is 5.91 Å². The SMILES string of the molecule is Cc1ccc(/C=C2\SC(=S)N(CCC(=O)N3CCCc4ccccc43)C2=O)cc1. The van der Waals surface area contributed by atoms with E-state index in [0.717, 1.165) is 30.6 Å². The Labute approximate surface area is 180 Å². The number of hydrogen-bond acceptors (Lipinski definition) is 4. The lowest BCUT2D eigenvalue weighted by atomic mass is 10.0. The zero-order chi connectivity index (χ0) is 20.4. The molecular weight excluding hydrogens is 400 g/mol. The van der Waals surface area contributed by atoms with Gasteiger partial charge in [-0.25, -0.2) is 0 Å². The molecule has 0 radical (unpaired) electrons. The summed E-state index contributed by atoms with van der Waals surface area (Å²) in [5, 5.41) is 0. The Balaban J connectivity index is 1.42. The molecule has 0 aromatic heterocycles. The fourth-order valence-electron chi connectivity index (χ4n) is 3.64. The van der Waals surface area contributed by atoms with Crippen molar-refractivity contribution in [2.45, 2.75) is 26.2 Å². The van der Waals surface area contributed by atoms with Gasteiger partial charge in [-0.15, -0.1) is 0 Å². The molecule has 4 rings (SSSR count). The van der Waals surface area contributed by atoms with Crippen LogP contribution >= 0.6 is 24.0 Å². The van der Waals surface area contributed by atoms with Crippen LogP contribution in [0.5, 0.6) is 0 Å². The van der Waals surface area contributed by atoms with Crippen molar-refractivity contribution in [1.82, 2.24) is 4.90 Å². The van der Waals surface area contributed by atoms with Crippen molar-refractivity contribution in [3.63, 3.8) is 0 Å². The number of aryl methyl sites for hydroxylation is 2. The van der Waals surface area contributed by atoms with Crippen LogP contribution < -0.4 is 4.90 Å². The molecule has 4 nitrogen and oxygen atoms in total. The molecule has 2 aliphatic rings. The van der Waals surface area contributed by atoms with E-state index in [9.17, 15) is 9.59 Å². The molecule has 2 aromatic carbocycles. The molecule has 0 atom stereocenters. The average molecular weight is 423 g/mol. The maximum Gasteiger partial charge on any atom is 0.266 e. The summed E-state index contributed by atoms with van der Waals surface area (Å²) in [4.78, 5) is 29.7. The van der Waals surface area contributed by atoms with Gasteiger partial charge < -0.3 is 4.90 Å². The van der Waals surface area contributed by atoms with E-state index in [1.807, 2.05) is 60.4 Å². The van der Waals surface area contributed by atoms with Gasteiger partial charge >= 0.3 is 0 Å². The van der Waals surface area contributed by atoms with Crippen molar-refractivity contribution in [3.8, 4) is 0 Å². The molecule has 1 fully saturated rings. The molecule has 1 saturated heterocycles. The second kappa shape index (κ2) is 8.51. The Kier molecular flexibility index (Phi) is 5.83. The molecule has 6 heteroatoms. The zero-order valence-electron chi connectivity index (χ0n) is 16.3. The predicted molar refractivity (Wildman–Crippen MR) is 123 cm³/mol. The Bertz CT molecular complexity index is 998. The fraction of sp³-hybridized carbons (Fsp3) is 0.261. The third-order valence-corrected chi connectivity index (χ3v) is 6.59. The van der Waals surface area contributed by atoms with Crippen molar-refractivity contribution < 1.29 is 9.59 Å². The number of fused-ring (bicyclic) bond motifs is 1. The maximum absolute atomic E-state index is 12.9. The quantitative estimate of drug-likeness (QED) is 0.535. The minimum atomic E-state index is -0.118. The third kappa shape index (κ3) is 4.28. The highest BCUT2D eigenvalue weighted by Crippen LogP contribution is 2.33. The van der Waals surface area contributed by atoms with E-state index in [2.05, 4.69) is 6.07 Å². The first-order valence-corrected chi connectivity index (χ1v) is 11.0. The van der Waals surface area contributed by atoms with Gasteiger partial charge in [0.2, 0.25) is 5.91 Å². The highest BCUT2D eigenvalue weighted by molar-refractivity contribution is 8.26. The number of rotatable bonds is 4. The first-order chi connectivity index (χ1) is 14.0. The summed E-state index contributed by atoms with van der Waals surface area (Å²) in [5.41, 5.74) is 4.34. The van der Waals surface area contributed by atoms with E-state index in [0.29, 0.717) is 15.8 Å². The van der Waals surface area contributed by atoms with Crippen LogP contribution in [0.25, 0.3) is 6.08 Å². The second-order valence-corrected chi connectivity index (χ2v) is 8.95. The number of carbonyl (C=O) groups is 2. The lowest BCUT2D eigenvalue weighted by molar-refractivity contribution is -0.123. The Morgan fingerprint density at radius 3 is 2.72 bits per heavy atom. The van der Waals surface area contributed by atoms with Crippen LogP contribution in [0.15, 0.2) is 53.4 Å². The van der Waals surface area contributed by atoms with Gasteiger partial charge in [-0.2, -0.15) is 0 Å². The van der Waals surface area contributed by atoms with Crippen molar-refractivity contribution in [2.75, 3.05) is 18.0 Å². The second-order valence-electron chi connectivity index (χ2n) is 7.27. The van der Waals surface area contributed by atoms with E-state index in [1.54, 1.807) is 4.90 Å². The molecule has 0 spiro atoms. The zero-order valence-corrected chi connectivity index (χ0v) is 17.9. The summed E-state index contributed by atoms with van der Waals surface area (Å²) in [6.07, 6.45) is 4.08. The van der Waals surface area contributed by atoms with E-state index in [1.165, 1.54) is 22.9 Å². The van der Waals surface area contributed by atoms with Crippen LogP contribution in [0.4, 0.5) is 5.69 Å². The van der Waals surface area contributed by atoms with Gasteiger partial charge in [-0.3, -0.25) is 14.5 Å². The van der Waals surface area contributed by atoms with Crippen LogP contribution in [-0.2, 0) is 16.0 Å². The van der Waals surface area contributed by atoms with Crippen LogP contribution in [0.3, 0.4) is 0 Å². The molecule has 29 heavy (non-hydrogen) atoms. The van der Waals surface area contributed by atoms with E-state index in [4.69, 9.17) is 12.2 Å². The highest BCUT2D eigenvalue weighted by atomic mass is 32.2. The van der Waals surface area contributed by atoms with Gasteiger partial charge in [-0.05, 0) is 43.0 Å². The molecule has 0 unspecified atom stereocenters. The topological polar surface area (TPSA) is 40.6 Å². The molecule has 2 aromatic rings. The fourth-order valence-corrected chi connectivity index (χ4v) is 4.95. The normalized spacial score (nSPS) is 17.8. The average Bonchev–Trinajstić information content (AvgIpc) is 3.00. The van der Waals surface area contributed by atoms with Crippen LogP contribution in [0, 0.1) is 6.92 Å². The van der Waals surface area contributed by atoms with Gasteiger partial charge in [0.1, 0.15) is 4.32 Å². The number of thiocarbonyl (C=S) groups is 1. The smallest absolute Gasteiger partial charge is 0.266 e. The highest BCUT2D eigenvalue weighted by Gasteiger charge is 2.33. The van der Waals surface area contributed by atoms with Crippen molar-refractivity contribution in [2.24, 2.45) is 0 Å². The van der Waals surface area contributed by atoms with Crippen molar-refractivity contribution >= 4 is 51.9 Å². The number of para-hydroxylation sites is 1. The summed E-state index contributed by atoms with van der Waals surface area (Å²) in [6, 6.07) is 16.0. The number of nitrogens with zero attached hydrogens (tertiary/aromatic N) is 2. The monoisotopic (exact) mass is 422 g/mol. The molecule has 0 N–H and O–H groups in total. The van der Waals surface area contributed by atoms with Gasteiger partial charge in [-0.1, -0.05) is 72.0 Å². The van der Waals surface area contributed by atoms with Crippen LogP contribution in [0.2, 0.25) is 0 Å². The van der Waals surface area contributed by atoms with Gasteiger partial charge in [0.05, 0.1) is 4.91 Å². The number of hydrogen-bond donors (Lipinski definition) is 0. The largest absolute Gasteiger partial charge is 0.312 e. The number of benzene rings is 2. The lowest BCUT2D eigenvalue weighted by Gasteiger charge is -2.30. The van der Waals surface area contributed by atoms with E-state index in [-0.39, 0.29) is 18.2 Å². The minimum absolute atomic E-state index is 0.0358. The molecule has 2 heterocycles. The molecular formula is C23H22N2O2S2. The van der Waals surface area contributed by atoms with Crippen molar-refractivity contribution in [3.05, 3.63) is 70.1 Å². The summed E-state index contributed by atoms with van der Waals surface area (Å²) in [5.74, 6) is -0.0823. The lowest BCUT2D eigenvalue weighted by Crippen LogP contribution is -2.38. The summed E-state index contributed by atoms with van der Waals surface area (Å²) in [7, 11) is 0. The number of anilines is 1. The molecule has 0 saturated carbocycles. The number of amides is 2. The number of thioether (sulfide) groups is 1. The van der Waals surface area contributed by atoms with E-state index >= 15 is 0 Å². The first-order valence-electron chi connectivity index (χ1n) is 9.73. The standard InChI is InChI=1S/C23H22N2O2S2/c1-16-8-10-17(11-9-16)15-20-22(27)25(23(28)29-20)14-12-21(26)24-13-4-6-18-5-2-3-7-19(18)24/h2-3,5,7-11,15H,4,6,12-14H2,1H3/b20-15-. The predicted octanol–water partition coefficient (Wildman–Crippen LogP) is 4.57. The first kappa shape index (κ1) is 19.9. The van der Waals surface area contributed by atoms with Gasteiger partial charge in [0, 0.05) is 25.2 Å². The maximum atomic E-state index is 12.9. The Morgan fingerprint density at radius 2 is 1.93 bits per heavy atom. The summed E-state index contributed by atoms with van der Waals surface area (Å²) < 4.78 is 0.514. The summed E-state index contributed by atoms with van der Waals surface area (Å²) in [6.45, 7) is 3.07. The van der Waals surface area contributed by atoms with E-state index < -0.39 is 0 Å². The third-order valence-electron chi connectivity index (χ3n) is 5.21. The number of carbonyl (C=O) groups excluding carboxylic acids is 2. The van der Waals surface area contributed by atoms with Crippen molar-refractivity contribution in [1.29, 1.82) is 0 Å². The molecule has 148 valence electrons. The molecule has 2 aliphatic heterocycles.